The molecule has 1 fully saturated rings. The Hall–Kier alpha value is -2.79. The molecule has 1 aromatic carbocycles. The highest BCUT2D eigenvalue weighted by atomic mass is 32.2. The first kappa shape index (κ1) is 18.0. The summed E-state index contributed by atoms with van der Waals surface area (Å²) in [6.45, 7) is 0.599. The van der Waals surface area contributed by atoms with Gasteiger partial charge in [-0.15, -0.1) is 5.10 Å². The third-order valence-electron chi connectivity index (χ3n) is 3.90. The summed E-state index contributed by atoms with van der Waals surface area (Å²) in [6, 6.07) is 6.65. The molecule has 1 aliphatic heterocycles. The SMILES string of the molecule is O=C(CCN1CCCS1(=O)=O)Nc1cccc(-n2cc(C(=O)O)nn2)c1. The molecule has 1 aromatic heterocycles. The summed E-state index contributed by atoms with van der Waals surface area (Å²) < 4.78 is 26.1. The molecular weight excluding hydrogens is 362 g/mol. The van der Waals surface area contributed by atoms with Crippen LogP contribution in [-0.2, 0) is 14.8 Å². The number of aromatic carboxylic acids is 1. The Bertz CT molecular complexity index is 939. The molecule has 1 aliphatic rings. The summed E-state index contributed by atoms with van der Waals surface area (Å²) in [6.07, 6.45) is 1.90. The first-order valence-electron chi connectivity index (χ1n) is 7.89. The zero-order valence-electron chi connectivity index (χ0n) is 13.7. The van der Waals surface area contributed by atoms with Crippen molar-refractivity contribution in [2.24, 2.45) is 0 Å². The molecule has 3 rings (SSSR count). The highest BCUT2D eigenvalue weighted by Gasteiger charge is 2.28. The van der Waals surface area contributed by atoms with Crippen LogP contribution in [-0.4, -0.2) is 63.5 Å². The van der Waals surface area contributed by atoms with Crippen LogP contribution in [0, 0.1) is 0 Å². The minimum Gasteiger partial charge on any atom is -0.476 e. The van der Waals surface area contributed by atoms with Crippen molar-refractivity contribution < 1.29 is 23.1 Å². The largest absolute Gasteiger partial charge is 0.476 e. The van der Waals surface area contributed by atoms with Crippen LogP contribution in [0.1, 0.15) is 23.3 Å². The van der Waals surface area contributed by atoms with E-state index in [4.69, 9.17) is 5.11 Å². The minimum absolute atomic E-state index is 0.0515. The molecule has 0 spiro atoms. The predicted molar refractivity (Wildman–Crippen MR) is 91.5 cm³/mol. The topological polar surface area (TPSA) is 134 Å². The quantitative estimate of drug-likeness (QED) is 0.738. The third kappa shape index (κ3) is 4.06. The molecule has 1 saturated heterocycles. The Morgan fingerprint density at radius 1 is 1.31 bits per heavy atom. The second-order valence-electron chi connectivity index (χ2n) is 5.77. The number of hydrogen-bond donors (Lipinski definition) is 2. The van der Waals surface area contributed by atoms with Crippen LogP contribution in [0.3, 0.4) is 0 Å². The van der Waals surface area contributed by atoms with Crippen LogP contribution in [0.25, 0.3) is 5.69 Å². The zero-order chi connectivity index (χ0) is 18.7. The standard InChI is InChI=1S/C15H17N5O5S/c21-14(5-7-19-6-2-8-26(19,24)25)16-11-3-1-4-12(9-11)20-10-13(15(22)23)17-18-20/h1,3-4,9-10H,2,5-8H2,(H,16,21)(H,22,23). The number of rotatable bonds is 6. The van der Waals surface area contributed by atoms with Crippen LogP contribution in [0.5, 0.6) is 0 Å². The number of hydrogen-bond acceptors (Lipinski definition) is 6. The van der Waals surface area contributed by atoms with Crippen molar-refractivity contribution in [1.82, 2.24) is 19.3 Å². The molecule has 2 N–H and O–H groups in total. The smallest absolute Gasteiger partial charge is 0.358 e. The lowest BCUT2D eigenvalue weighted by atomic mass is 10.2. The van der Waals surface area contributed by atoms with Crippen LogP contribution in [0.15, 0.2) is 30.5 Å². The van der Waals surface area contributed by atoms with Crippen LogP contribution in [0.4, 0.5) is 5.69 Å². The van der Waals surface area contributed by atoms with Gasteiger partial charge in [0, 0.05) is 25.2 Å². The average molecular weight is 379 g/mol. The fourth-order valence-corrected chi connectivity index (χ4v) is 4.14. The van der Waals surface area contributed by atoms with E-state index in [1.165, 1.54) is 15.2 Å². The van der Waals surface area contributed by atoms with E-state index in [0.717, 1.165) is 0 Å². The molecule has 0 bridgehead atoms. The van der Waals surface area contributed by atoms with Crippen molar-refractivity contribution in [3.05, 3.63) is 36.2 Å². The molecule has 11 heteroatoms. The fraction of sp³-hybridized carbons (Fsp3) is 0.333. The lowest BCUT2D eigenvalue weighted by Gasteiger charge is -2.14. The predicted octanol–water partition coefficient (Wildman–Crippen LogP) is 0.330. The van der Waals surface area contributed by atoms with Gasteiger partial charge in [-0.1, -0.05) is 11.3 Å². The molecule has 2 heterocycles. The minimum atomic E-state index is -3.22. The molecule has 26 heavy (non-hydrogen) atoms. The van der Waals surface area contributed by atoms with Gasteiger partial charge in [0.2, 0.25) is 15.9 Å². The number of anilines is 1. The van der Waals surface area contributed by atoms with Gasteiger partial charge in [-0.25, -0.2) is 22.2 Å². The number of carbonyl (C=O) groups is 2. The van der Waals surface area contributed by atoms with E-state index in [1.807, 2.05) is 0 Å². The Kier molecular flexibility index (Phi) is 5.00. The van der Waals surface area contributed by atoms with Gasteiger partial charge in [-0.05, 0) is 24.6 Å². The first-order chi connectivity index (χ1) is 12.3. The van der Waals surface area contributed by atoms with E-state index >= 15 is 0 Å². The molecule has 0 saturated carbocycles. The molecule has 0 radical (unpaired) electrons. The van der Waals surface area contributed by atoms with Gasteiger partial charge in [0.05, 0.1) is 17.6 Å². The second-order valence-corrected chi connectivity index (χ2v) is 7.86. The average Bonchev–Trinajstić information content (AvgIpc) is 3.20. The van der Waals surface area contributed by atoms with E-state index in [-0.39, 0.29) is 30.3 Å². The Labute approximate surface area is 149 Å². The normalized spacial score (nSPS) is 16.5. The van der Waals surface area contributed by atoms with E-state index in [2.05, 4.69) is 15.6 Å². The van der Waals surface area contributed by atoms with E-state index in [1.54, 1.807) is 24.3 Å². The molecule has 0 atom stereocenters. The van der Waals surface area contributed by atoms with Crippen molar-refractivity contribution in [2.75, 3.05) is 24.2 Å². The number of amides is 1. The van der Waals surface area contributed by atoms with Crippen LogP contribution >= 0.6 is 0 Å². The first-order valence-corrected chi connectivity index (χ1v) is 9.50. The maximum Gasteiger partial charge on any atom is 0.358 e. The Morgan fingerprint density at radius 3 is 2.77 bits per heavy atom. The molecule has 2 aromatic rings. The number of aromatic nitrogens is 3. The summed E-state index contributed by atoms with van der Waals surface area (Å²) in [4.78, 5) is 22.9. The van der Waals surface area contributed by atoms with Gasteiger partial charge in [-0.3, -0.25) is 4.79 Å². The van der Waals surface area contributed by atoms with Gasteiger partial charge < -0.3 is 10.4 Å². The van der Waals surface area contributed by atoms with Crippen LogP contribution in [0.2, 0.25) is 0 Å². The molecule has 0 aliphatic carbocycles. The molecule has 10 nitrogen and oxygen atoms in total. The summed E-state index contributed by atoms with van der Waals surface area (Å²) in [7, 11) is -3.22. The van der Waals surface area contributed by atoms with Crippen molar-refractivity contribution in [1.29, 1.82) is 0 Å². The van der Waals surface area contributed by atoms with Crippen LogP contribution < -0.4 is 5.32 Å². The zero-order valence-corrected chi connectivity index (χ0v) is 14.5. The Morgan fingerprint density at radius 2 is 2.12 bits per heavy atom. The van der Waals surface area contributed by atoms with Gasteiger partial charge in [0.1, 0.15) is 0 Å². The lowest BCUT2D eigenvalue weighted by molar-refractivity contribution is -0.116. The molecule has 138 valence electrons. The fourth-order valence-electron chi connectivity index (χ4n) is 2.61. The highest BCUT2D eigenvalue weighted by Crippen LogP contribution is 2.16. The number of sulfonamides is 1. The second kappa shape index (κ2) is 7.22. The summed E-state index contributed by atoms with van der Waals surface area (Å²) >= 11 is 0. The number of nitrogens with one attached hydrogen (secondary N) is 1. The van der Waals surface area contributed by atoms with Gasteiger partial charge in [0.25, 0.3) is 0 Å². The number of carbonyl (C=O) groups excluding carboxylic acids is 1. The lowest BCUT2D eigenvalue weighted by Crippen LogP contribution is -2.29. The van der Waals surface area contributed by atoms with E-state index in [0.29, 0.717) is 24.3 Å². The molecule has 1 amide bonds. The van der Waals surface area contributed by atoms with E-state index < -0.39 is 16.0 Å². The van der Waals surface area contributed by atoms with Crippen molar-refractivity contribution in [2.45, 2.75) is 12.8 Å². The van der Waals surface area contributed by atoms with Crippen molar-refractivity contribution >= 4 is 27.6 Å². The maximum absolute atomic E-state index is 12.1. The summed E-state index contributed by atoms with van der Waals surface area (Å²) in [5, 5.41) is 18.8. The number of carboxylic acid groups (broad SMARTS) is 1. The number of benzene rings is 1. The monoisotopic (exact) mass is 379 g/mol. The van der Waals surface area contributed by atoms with Gasteiger partial charge >= 0.3 is 5.97 Å². The summed E-state index contributed by atoms with van der Waals surface area (Å²) in [5.74, 6) is -1.36. The maximum atomic E-state index is 12.1. The van der Waals surface area contributed by atoms with Gasteiger partial charge in [0.15, 0.2) is 5.69 Å². The molecular formula is C15H17N5O5S. The van der Waals surface area contributed by atoms with Crippen molar-refractivity contribution in [3.63, 3.8) is 0 Å². The summed E-state index contributed by atoms with van der Waals surface area (Å²) in [5.41, 5.74) is 0.834. The highest BCUT2D eigenvalue weighted by molar-refractivity contribution is 7.89. The number of carboxylic acids is 1. The van der Waals surface area contributed by atoms with E-state index in [9.17, 15) is 18.0 Å². The van der Waals surface area contributed by atoms with Crippen molar-refractivity contribution in [3.8, 4) is 5.69 Å². The number of nitrogens with zero attached hydrogens (tertiary/aromatic N) is 4. The van der Waals surface area contributed by atoms with Gasteiger partial charge in [-0.2, -0.15) is 0 Å². The third-order valence-corrected chi connectivity index (χ3v) is 5.85. The Balaban J connectivity index is 1.63. The molecule has 0 unspecified atom stereocenters.